The van der Waals surface area contributed by atoms with E-state index in [1.165, 1.54) is 12.1 Å². The predicted octanol–water partition coefficient (Wildman–Crippen LogP) is 6.25. The van der Waals surface area contributed by atoms with Crippen molar-refractivity contribution < 1.29 is 13.6 Å². The Kier molecular flexibility index (Phi) is 6.63. The number of hydrogen-bond acceptors (Lipinski definition) is 2. The van der Waals surface area contributed by atoms with Crippen LogP contribution in [-0.2, 0) is 4.79 Å². The van der Waals surface area contributed by atoms with Crippen molar-refractivity contribution in [1.29, 1.82) is 0 Å². The van der Waals surface area contributed by atoms with E-state index < -0.39 is 0 Å². The maximum Gasteiger partial charge on any atom is 0.187 e. The van der Waals surface area contributed by atoms with E-state index in [0.29, 0.717) is 33.2 Å². The van der Waals surface area contributed by atoms with Gasteiger partial charge in [0.25, 0.3) is 0 Å². The molecule has 1 fully saturated rings. The fourth-order valence-corrected chi connectivity index (χ4v) is 3.83. The van der Waals surface area contributed by atoms with Gasteiger partial charge in [0, 0.05) is 30.3 Å². The maximum atomic E-state index is 13.5. The summed E-state index contributed by atoms with van der Waals surface area (Å²) >= 11 is 6.37. The summed E-state index contributed by atoms with van der Waals surface area (Å²) in [6, 6.07) is 9.60. The summed E-state index contributed by atoms with van der Waals surface area (Å²) in [6.45, 7) is 5.20. The van der Waals surface area contributed by atoms with Crippen LogP contribution >= 0.6 is 31.9 Å². The minimum atomic E-state index is -0.344. The maximum absolute atomic E-state index is 13.5. The van der Waals surface area contributed by atoms with Crippen molar-refractivity contribution in [2.24, 2.45) is 0 Å². The number of carbonyl (C=O) groups is 1. The van der Waals surface area contributed by atoms with Crippen molar-refractivity contribution >= 4 is 49.8 Å². The van der Waals surface area contributed by atoms with Crippen LogP contribution in [0, 0.1) is 11.6 Å². The van der Waals surface area contributed by atoms with E-state index in [-0.39, 0.29) is 23.5 Å². The van der Waals surface area contributed by atoms with Crippen molar-refractivity contribution in [1.82, 2.24) is 4.90 Å². The van der Waals surface area contributed by atoms with Crippen LogP contribution in [0.15, 0.2) is 56.5 Å². The third kappa shape index (κ3) is 4.85. The largest absolute Gasteiger partial charge is 0.292 e. The fraction of sp³-hybridized carbons (Fsp3) is 0.227. The van der Waals surface area contributed by atoms with E-state index in [1.54, 1.807) is 36.4 Å². The van der Waals surface area contributed by atoms with Crippen LogP contribution in [0.25, 0.3) is 12.2 Å². The number of Topliss-reactive ketones (excluding diaryl/α,β-unsaturated/α-hetero) is 1. The number of carbonyl (C=O) groups excluding carboxylic acids is 1. The highest BCUT2D eigenvalue weighted by molar-refractivity contribution is 9.10. The highest BCUT2D eigenvalue weighted by atomic mass is 79.9. The summed E-state index contributed by atoms with van der Waals surface area (Å²) in [4.78, 5) is 15.3. The minimum absolute atomic E-state index is 0.0437. The Labute approximate surface area is 180 Å². The molecule has 28 heavy (non-hydrogen) atoms. The van der Waals surface area contributed by atoms with Gasteiger partial charge in [0.05, 0.1) is 8.95 Å². The average Bonchev–Trinajstić information content (AvgIpc) is 2.64. The van der Waals surface area contributed by atoms with Crippen LogP contribution in [0.5, 0.6) is 0 Å². The molecule has 0 amide bonds. The Morgan fingerprint density at radius 3 is 1.68 bits per heavy atom. The summed E-state index contributed by atoms with van der Waals surface area (Å²) in [5.41, 5.74) is 2.80. The number of benzene rings is 2. The van der Waals surface area contributed by atoms with Gasteiger partial charge in [0.1, 0.15) is 11.6 Å². The van der Waals surface area contributed by atoms with E-state index >= 15 is 0 Å². The number of likely N-dealkylation sites (tertiary alicyclic amines) is 1. The molecule has 0 aliphatic carbocycles. The van der Waals surface area contributed by atoms with Gasteiger partial charge in [-0.3, -0.25) is 9.69 Å². The third-order valence-corrected chi connectivity index (χ3v) is 5.84. The average molecular weight is 511 g/mol. The summed E-state index contributed by atoms with van der Waals surface area (Å²) in [5.74, 6) is -0.732. The van der Waals surface area contributed by atoms with Gasteiger partial charge in [-0.2, -0.15) is 0 Å². The zero-order chi connectivity index (χ0) is 20.4. The molecule has 0 N–H and O–H groups in total. The van der Waals surface area contributed by atoms with E-state index in [4.69, 9.17) is 0 Å². The van der Waals surface area contributed by atoms with Crippen LogP contribution in [-0.4, -0.2) is 29.8 Å². The third-order valence-electron chi connectivity index (χ3n) is 4.63. The van der Waals surface area contributed by atoms with Crippen molar-refractivity contribution in [3.8, 4) is 0 Å². The van der Waals surface area contributed by atoms with Gasteiger partial charge in [0.2, 0.25) is 0 Å². The van der Waals surface area contributed by atoms with E-state index in [2.05, 4.69) is 50.6 Å². The summed E-state index contributed by atoms with van der Waals surface area (Å²) in [5, 5.41) is 0. The molecular formula is C22H19Br2F2NO. The minimum Gasteiger partial charge on any atom is -0.292 e. The second kappa shape index (κ2) is 8.80. The highest BCUT2D eigenvalue weighted by Gasteiger charge is 2.27. The standard InChI is InChI=1S/C22H19Br2F2NO/c1-13(2)27-11-16(7-14-3-5-20(25)18(23)9-14)22(28)17(12-27)8-15-4-6-21(26)19(24)10-15/h3-10,13H,11-12H2,1-2H3/b16-7+,17-8+. The van der Waals surface area contributed by atoms with Crippen LogP contribution in [0.4, 0.5) is 8.78 Å². The first-order valence-corrected chi connectivity index (χ1v) is 10.4. The molecular weight excluding hydrogens is 492 g/mol. The van der Waals surface area contributed by atoms with Gasteiger partial charge in [-0.05, 0) is 93.3 Å². The molecule has 146 valence electrons. The molecule has 0 aromatic heterocycles. The number of piperidine rings is 1. The Balaban J connectivity index is 1.99. The molecule has 0 unspecified atom stereocenters. The first-order chi connectivity index (χ1) is 13.2. The lowest BCUT2D eigenvalue weighted by molar-refractivity contribution is -0.113. The van der Waals surface area contributed by atoms with Crippen LogP contribution in [0.1, 0.15) is 25.0 Å². The summed E-state index contributed by atoms with van der Waals surface area (Å²) < 4.78 is 27.7. The van der Waals surface area contributed by atoms with Crippen LogP contribution in [0.3, 0.4) is 0 Å². The number of ketones is 1. The highest BCUT2D eigenvalue weighted by Crippen LogP contribution is 2.26. The number of hydrogen-bond donors (Lipinski definition) is 0. The van der Waals surface area contributed by atoms with Gasteiger partial charge in [-0.25, -0.2) is 8.78 Å². The van der Waals surface area contributed by atoms with Crippen LogP contribution in [0.2, 0.25) is 0 Å². The Bertz CT molecular complexity index is 909. The first-order valence-electron chi connectivity index (χ1n) is 8.84. The molecule has 0 bridgehead atoms. The van der Waals surface area contributed by atoms with Crippen molar-refractivity contribution in [2.45, 2.75) is 19.9 Å². The number of halogens is 4. The van der Waals surface area contributed by atoms with Crippen molar-refractivity contribution in [3.63, 3.8) is 0 Å². The predicted molar refractivity (Wildman–Crippen MR) is 116 cm³/mol. The Hall–Kier alpha value is -1.63. The first kappa shape index (κ1) is 21.1. The van der Waals surface area contributed by atoms with Crippen molar-refractivity contribution in [2.75, 3.05) is 13.1 Å². The van der Waals surface area contributed by atoms with E-state index in [9.17, 15) is 13.6 Å². The lowest BCUT2D eigenvalue weighted by Gasteiger charge is -2.32. The molecule has 2 nitrogen and oxygen atoms in total. The van der Waals surface area contributed by atoms with E-state index in [1.807, 2.05) is 0 Å². The zero-order valence-electron chi connectivity index (χ0n) is 15.5. The SMILES string of the molecule is CC(C)N1C/C(=C\c2ccc(F)c(Br)c2)C(=O)/C(=C/c2ccc(F)c(Br)c2)C1. The lowest BCUT2D eigenvalue weighted by atomic mass is 9.93. The van der Waals surface area contributed by atoms with Gasteiger partial charge in [0.15, 0.2) is 5.78 Å². The number of nitrogens with zero attached hydrogens (tertiary/aromatic N) is 1. The monoisotopic (exact) mass is 509 g/mol. The molecule has 1 heterocycles. The summed E-state index contributed by atoms with van der Waals surface area (Å²) in [7, 11) is 0. The quantitative estimate of drug-likeness (QED) is 0.455. The Morgan fingerprint density at radius 1 is 0.893 bits per heavy atom. The van der Waals surface area contributed by atoms with Crippen molar-refractivity contribution in [3.05, 3.63) is 79.3 Å². The molecule has 0 atom stereocenters. The number of rotatable bonds is 3. The van der Waals surface area contributed by atoms with E-state index in [0.717, 1.165) is 11.1 Å². The van der Waals surface area contributed by atoms with Gasteiger partial charge >= 0.3 is 0 Å². The molecule has 2 aromatic rings. The van der Waals surface area contributed by atoms with Gasteiger partial charge in [-0.1, -0.05) is 12.1 Å². The normalized spacial score (nSPS) is 18.5. The second-order valence-electron chi connectivity index (χ2n) is 7.01. The Morgan fingerprint density at radius 2 is 1.32 bits per heavy atom. The van der Waals surface area contributed by atoms with Gasteiger partial charge < -0.3 is 0 Å². The molecule has 1 saturated heterocycles. The molecule has 0 radical (unpaired) electrons. The lowest BCUT2D eigenvalue weighted by Crippen LogP contribution is -2.41. The second-order valence-corrected chi connectivity index (χ2v) is 8.72. The molecule has 1 aliphatic heterocycles. The molecule has 6 heteroatoms. The zero-order valence-corrected chi connectivity index (χ0v) is 18.6. The topological polar surface area (TPSA) is 20.3 Å². The van der Waals surface area contributed by atoms with Gasteiger partial charge in [-0.15, -0.1) is 0 Å². The molecule has 1 aliphatic rings. The smallest absolute Gasteiger partial charge is 0.187 e. The fourth-order valence-electron chi connectivity index (χ4n) is 3.04. The molecule has 3 rings (SSSR count). The molecule has 0 spiro atoms. The molecule has 0 saturated carbocycles. The van der Waals surface area contributed by atoms with Crippen LogP contribution < -0.4 is 0 Å². The summed E-state index contributed by atoms with van der Waals surface area (Å²) in [6.07, 6.45) is 3.60. The molecule has 2 aromatic carbocycles.